The van der Waals surface area contributed by atoms with E-state index in [1.807, 2.05) is 19.1 Å². The highest BCUT2D eigenvalue weighted by Gasteiger charge is 2.05. The molecule has 0 heterocycles. The number of benzene rings is 2. The van der Waals surface area contributed by atoms with E-state index in [0.29, 0.717) is 18.1 Å². The maximum atomic E-state index is 10.5. The molecular formula is C15H14ClNO3. The molecule has 0 fully saturated rings. The van der Waals surface area contributed by atoms with Crippen LogP contribution >= 0.6 is 11.6 Å². The third kappa shape index (κ3) is 3.71. The normalized spacial score (nSPS) is 10.3. The van der Waals surface area contributed by atoms with Gasteiger partial charge in [-0.25, -0.2) is 0 Å². The Balaban J connectivity index is 1.92. The van der Waals surface area contributed by atoms with Gasteiger partial charge in [-0.3, -0.25) is 10.1 Å². The van der Waals surface area contributed by atoms with Crippen LogP contribution in [0.5, 0.6) is 5.75 Å². The van der Waals surface area contributed by atoms with Crippen LogP contribution in [0.4, 0.5) is 5.69 Å². The maximum absolute atomic E-state index is 10.5. The Bertz CT molecular complexity index is 611. The quantitative estimate of drug-likeness (QED) is 0.613. The smallest absolute Gasteiger partial charge is 0.269 e. The maximum Gasteiger partial charge on any atom is 0.269 e. The molecule has 0 saturated carbocycles. The fourth-order valence-corrected chi connectivity index (χ4v) is 1.95. The summed E-state index contributed by atoms with van der Waals surface area (Å²) in [5.41, 5.74) is 2.12. The van der Waals surface area contributed by atoms with Crippen molar-refractivity contribution in [2.75, 3.05) is 6.61 Å². The van der Waals surface area contributed by atoms with Crippen molar-refractivity contribution in [1.82, 2.24) is 0 Å². The lowest BCUT2D eigenvalue weighted by molar-refractivity contribution is -0.384. The Kier molecular flexibility index (Phi) is 4.58. The number of nitro groups is 1. The van der Waals surface area contributed by atoms with Crippen molar-refractivity contribution in [3.63, 3.8) is 0 Å². The van der Waals surface area contributed by atoms with Crippen LogP contribution in [0.3, 0.4) is 0 Å². The van der Waals surface area contributed by atoms with Crippen molar-refractivity contribution in [2.45, 2.75) is 13.3 Å². The van der Waals surface area contributed by atoms with Gasteiger partial charge in [0.1, 0.15) is 5.75 Å². The molecule has 0 N–H and O–H groups in total. The molecule has 0 radical (unpaired) electrons. The Morgan fingerprint density at radius 1 is 1.20 bits per heavy atom. The van der Waals surface area contributed by atoms with Crippen LogP contribution < -0.4 is 4.74 Å². The van der Waals surface area contributed by atoms with Crippen LogP contribution in [0.25, 0.3) is 0 Å². The number of halogens is 1. The van der Waals surface area contributed by atoms with E-state index in [2.05, 4.69) is 0 Å². The number of rotatable bonds is 5. The van der Waals surface area contributed by atoms with Crippen molar-refractivity contribution < 1.29 is 9.66 Å². The number of aryl methyl sites for hydroxylation is 1. The molecule has 2 rings (SSSR count). The number of nitro benzene ring substituents is 1. The second-order valence-corrected chi connectivity index (χ2v) is 4.87. The molecule has 5 heteroatoms. The average molecular weight is 292 g/mol. The number of non-ortho nitro benzene ring substituents is 1. The lowest BCUT2D eigenvalue weighted by Crippen LogP contribution is -2.02. The summed E-state index contributed by atoms with van der Waals surface area (Å²) < 4.78 is 5.68. The standard InChI is InChI=1S/C15H14ClNO3/c1-11-2-5-13(16)10-15(11)20-9-8-12-3-6-14(7-4-12)17(18)19/h2-7,10H,8-9H2,1H3. The zero-order chi connectivity index (χ0) is 14.5. The van der Waals surface area contributed by atoms with Gasteiger partial charge in [-0.2, -0.15) is 0 Å². The molecule has 104 valence electrons. The third-order valence-electron chi connectivity index (χ3n) is 2.95. The van der Waals surface area contributed by atoms with Crippen molar-refractivity contribution in [3.8, 4) is 5.75 Å². The van der Waals surface area contributed by atoms with Crippen LogP contribution in [-0.4, -0.2) is 11.5 Å². The SMILES string of the molecule is Cc1ccc(Cl)cc1OCCc1ccc([N+](=O)[O-])cc1. The van der Waals surface area contributed by atoms with Gasteiger partial charge >= 0.3 is 0 Å². The third-order valence-corrected chi connectivity index (χ3v) is 3.18. The van der Waals surface area contributed by atoms with Gasteiger partial charge in [-0.05, 0) is 30.2 Å². The largest absolute Gasteiger partial charge is 0.493 e. The molecule has 0 aromatic heterocycles. The van der Waals surface area contributed by atoms with E-state index in [-0.39, 0.29) is 5.69 Å². The van der Waals surface area contributed by atoms with Gasteiger partial charge in [0, 0.05) is 23.6 Å². The second kappa shape index (κ2) is 6.39. The molecule has 20 heavy (non-hydrogen) atoms. The molecule has 0 aliphatic carbocycles. The van der Waals surface area contributed by atoms with Crippen LogP contribution in [0.15, 0.2) is 42.5 Å². The van der Waals surface area contributed by atoms with Gasteiger partial charge in [0.15, 0.2) is 0 Å². The summed E-state index contributed by atoms with van der Waals surface area (Å²) in [5, 5.41) is 11.2. The summed E-state index contributed by atoms with van der Waals surface area (Å²) in [6, 6.07) is 12.0. The van der Waals surface area contributed by atoms with Crippen LogP contribution in [0.2, 0.25) is 5.02 Å². The molecule has 4 nitrogen and oxygen atoms in total. The fourth-order valence-electron chi connectivity index (χ4n) is 1.79. The highest BCUT2D eigenvalue weighted by Crippen LogP contribution is 2.22. The highest BCUT2D eigenvalue weighted by atomic mass is 35.5. The molecule has 0 amide bonds. The topological polar surface area (TPSA) is 52.4 Å². The number of ether oxygens (including phenoxy) is 1. The van der Waals surface area contributed by atoms with Crippen LogP contribution in [0, 0.1) is 17.0 Å². The Labute approximate surface area is 122 Å². The fraction of sp³-hybridized carbons (Fsp3) is 0.200. The van der Waals surface area contributed by atoms with Gasteiger partial charge in [0.25, 0.3) is 5.69 Å². The predicted molar refractivity (Wildman–Crippen MR) is 78.5 cm³/mol. The van der Waals surface area contributed by atoms with E-state index in [1.165, 1.54) is 12.1 Å². The van der Waals surface area contributed by atoms with Crippen molar-refractivity contribution >= 4 is 17.3 Å². The summed E-state index contributed by atoms with van der Waals surface area (Å²) in [6.45, 7) is 2.45. The predicted octanol–water partition coefficient (Wildman–Crippen LogP) is 4.18. The van der Waals surface area contributed by atoms with Crippen molar-refractivity contribution in [1.29, 1.82) is 0 Å². The first-order valence-electron chi connectivity index (χ1n) is 6.18. The number of nitrogens with zero attached hydrogens (tertiary/aromatic N) is 1. The monoisotopic (exact) mass is 291 g/mol. The van der Waals surface area contributed by atoms with E-state index in [4.69, 9.17) is 16.3 Å². The Morgan fingerprint density at radius 3 is 2.55 bits per heavy atom. The first kappa shape index (κ1) is 14.3. The van der Waals surface area contributed by atoms with Gasteiger partial charge in [0.05, 0.1) is 11.5 Å². The number of hydrogen-bond donors (Lipinski definition) is 0. The summed E-state index contributed by atoms with van der Waals surface area (Å²) in [5.74, 6) is 0.763. The van der Waals surface area contributed by atoms with E-state index in [9.17, 15) is 10.1 Å². The van der Waals surface area contributed by atoms with Crippen LogP contribution in [0.1, 0.15) is 11.1 Å². The van der Waals surface area contributed by atoms with E-state index < -0.39 is 4.92 Å². The molecule has 0 saturated heterocycles. The zero-order valence-corrected chi connectivity index (χ0v) is 11.8. The minimum absolute atomic E-state index is 0.0976. The molecule has 0 aliphatic rings. The molecule has 0 spiro atoms. The van der Waals surface area contributed by atoms with Gasteiger partial charge < -0.3 is 4.74 Å². The molecular weight excluding hydrogens is 278 g/mol. The lowest BCUT2D eigenvalue weighted by Gasteiger charge is -2.09. The lowest BCUT2D eigenvalue weighted by atomic mass is 10.1. The molecule has 0 bridgehead atoms. The summed E-state index contributed by atoms with van der Waals surface area (Å²) in [7, 11) is 0. The molecule has 0 atom stereocenters. The van der Waals surface area contributed by atoms with E-state index >= 15 is 0 Å². The second-order valence-electron chi connectivity index (χ2n) is 4.43. The molecule has 2 aromatic carbocycles. The van der Waals surface area contributed by atoms with E-state index in [1.54, 1.807) is 18.2 Å². The summed E-state index contributed by atoms with van der Waals surface area (Å²) in [4.78, 5) is 10.1. The van der Waals surface area contributed by atoms with Crippen LogP contribution in [-0.2, 0) is 6.42 Å². The molecule has 0 unspecified atom stereocenters. The average Bonchev–Trinajstić information content (AvgIpc) is 2.43. The van der Waals surface area contributed by atoms with Crippen molar-refractivity contribution in [2.24, 2.45) is 0 Å². The summed E-state index contributed by atoms with van der Waals surface area (Å²) in [6.07, 6.45) is 0.684. The highest BCUT2D eigenvalue weighted by molar-refractivity contribution is 6.30. The molecule has 2 aromatic rings. The number of hydrogen-bond acceptors (Lipinski definition) is 3. The Hall–Kier alpha value is -2.07. The first-order chi connectivity index (χ1) is 9.56. The van der Waals surface area contributed by atoms with Gasteiger partial charge in [-0.15, -0.1) is 0 Å². The van der Waals surface area contributed by atoms with E-state index in [0.717, 1.165) is 16.9 Å². The molecule has 0 aliphatic heterocycles. The Morgan fingerprint density at radius 2 is 1.90 bits per heavy atom. The summed E-state index contributed by atoms with van der Waals surface area (Å²) >= 11 is 5.92. The van der Waals surface area contributed by atoms with Gasteiger partial charge in [0.2, 0.25) is 0 Å². The first-order valence-corrected chi connectivity index (χ1v) is 6.56. The minimum atomic E-state index is -0.407. The van der Waals surface area contributed by atoms with Gasteiger partial charge in [-0.1, -0.05) is 29.8 Å². The zero-order valence-electron chi connectivity index (χ0n) is 11.0. The minimum Gasteiger partial charge on any atom is -0.493 e. The van der Waals surface area contributed by atoms with Crippen molar-refractivity contribution in [3.05, 3.63) is 68.7 Å².